The van der Waals surface area contributed by atoms with E-state index >= 15 is 0 Å². The summed E-state index contributed by atoms with van der Waals surface area (Å²) in [5.74, 6) is -0.845. The van der Waals surface area contributed by atoms with Crippen molar-refractivity contribution in [3.8, 4) is 5.75 Å². The van der Waals surface area contributed by atoms with Crippen LogP contribution in [0.3, 0.4) is 0 Å². The summed E-state index contributed by atoms with van der Waals surface area (Å²) in [7, 11) is 3.11. The largest absolute Gasteiger partial charge is 0.497 e. The first-order valence-electron chi connectivity index (χ1n) is 7.96. The SMILES string of the molecule is COc1cccc([C@@H](CNC(=O)C(=O)Nc2ccc(C)c(Cl)c2)OC)c1. The smallest absolute Gasteiger partial charge is 0.313 e. The molecule has 2 N–H and O–H groups in total. The Morgan fingerprint density at radius 1 is 1.12 bits per heavy atom. The van der Waals surface area contributed by atoms with Gasteiger partial charge in [-0.1, -0.05) is 29.8 Å². The molecule has 0 saturated carbocycles. The van der Waals surface area contributed by atoms with Crippen LogP contribution < -0.4 is 15.4 Å². The van der Waals surface area contributed by atoms with Crippen molar-refractivity contribution in [2.75, 3.05) is 26.1 Å². The Hall–Kier alpha value is -2.57. The van der Waals surface area contributed by atoms with E-state index < -0.39 is 17.9 Å². The Morgan fingerprint density at radius 3 is 2.54 bits per heavy atom. The molecule has 6 nitrogen and oxygen atoms in total. The number of hydrogen-bond acceptors (Lipinski definition) is 4. The van der Waals surface area contributed by atoms with E-state index in [1.165, 1.54) is 7.11 Å². The third-order valence-electron chi connectivity index (χ3n) is 3.83. The maximum atomic E-state index is 12.0. The van der Waals surface area contributed by atoms with Crippen LogP contribution in [0.4, 0.5) is 5.69 Å². The molecule has 0 unspecified atom stereocenters. The minimum Gasteiger partial charge on any atom is -0.497 e. The van der Waals surface area contributed by atoms with Crippen molar-refractivity contribution in [1.29, 1.82) is 0 Å². The van der Waals surface area contributed by atoms with Gasteiger partial charge in [0.2, 0.25) is 0 Å². The lowest BCUT2D eigenvalue weighted by Crippen LogP contribution is -2.38. The number of ether oxygens (including phenoxy) is 2. The van der Waals surface area contributed by atoms with E-state index in [4.69, 9.17) is 21.1 Å². The van der Waals surface area contributed by atoms with Crippen LogP contribution in [0.1, 0.15) is 17.2 Å². The van der Waals surface area contributed by atoms with Gasteiger partial charge in [-0.15, -0.1) is 0 Å². The Balaban J connectivity index is 1.94. The van der Waals surface area contributed by atoms with Gasteiger partial charge >= 0.3 is 11.8 Å². The number of benzene rings is 2. The van der Waals surface area contributed by atoms with Crippen LogP contribution in [-0.2, 0) is 14.3 Å². The number of methoxy groups -OCH3 is 2. The van der Waals surface area contributed by atoms with Gasteiger partial charge in [-0.25, -0.2) is 0 Å². The van der Waals surface area contributed by atoms with Gasteiger partial charge in [-0.2, -0.15) is 0 Å². The first-order valence-corrected chi connectivity index (χ1v) is 8.34. The highest BCUT2D eigenvalue weighted by Gasteiger charge is 2.18. The third kappa shape index (κ3) is 5.21. The minimum absolute atomic E-state index is 0.143. The van der Waals surface area contributed by atoms with Crippen molar-refractivity contribution in [2.24, 2.45) is 0 Å². The lowest BCUT2D eigenvalue weighted by Gasteiger charge is -2.17. The molecule has 2 aromatic rings. The summed E-state index contributed by atoms with van der Waals surface area (Å²) in [6.07, 6.45) is -0.407. The zero-order chi connectivity index (χ0) is 19.1. The van der Waals surface area contributed by atoms with Crippen molar-refractivity contribution in [3.63, 3.8) is 0 Å². The Bertz CT molecular complexity index is 795. The summed E-state index contributed by atoms with van der Waals surface area (Å²) in [4.78, 5) is 24.1. The van der Waals surface area contributed by atoms with Gasteiger partial charge in [0.05, 0.1) is 13.2 Å². The second-order valence-corrected chi connectivity index (χ2v) is 6.04. The molecule has 7 heteroatoms. The fraction of sp³-hybridized carbons (Fsp3) is 0.263. The van der Waals surface area contributed by atoms with E-state index in [1.54, 1.807) is 25.3 Å². The highest BCUT2D eigenvalue weighted by atomic mass is 35.5. The van der Waals surface area contributed by atoms with E-state index in [2.05, 4.69) is 10.6 Å². The maximum Gasteiger partial charge on any atom is 0.313 e. The van der Waals surface area contributed by atoms with Crippen LogP contribution >= 0.6 is 11.6 Å². The summed E-state index contributed by atoms with van der Waals surface area (Å²) in [5, 5.41) is 5.59. The predicted octanol–water partition coefficient (Wildman–Crippen LogP) is 3.10. The van der Waals surface area contributed by atoms with E-state index in [-0.39, 0.29) is 6.54 Å². The number of carbonyl (C=O) groups is 2. The van der Waals surface area contributed by atoms with Gasteiger partial charge < -0.3 is 20.1 Å². The maximum absolute atomic E-state index is 12.0. The average molecular weight is 377 g/mol. The topological polar surface area (TPSA) is 76.7 Å². The molecule has 0 heterocycles. The summed E-state index contributed by atoms with van der Waals surface area (Å²) in [6, 6.07) is 12.4. The van der Waals surface area contributed by atoms with Crippen LogP contribution in [0.25, 0.3) is 0 Å². The van der Waals surface area contributed by atoms with Crippen molar-refractivity contribution in [1.82, 2.24) is 5.32 Å². The lowest BCUT2D eigenvalue weighted by atomic mass is 10.1. The van der Waals surface area contributed by atoms with E-state index in [0.717, 1.165) is 11.1 Å². The predicted molar refractivity (Wildman–Crippen MR) is 101 cm³/mol. The molecule has 2 amide bonds. The van der Waals surface area contributed by atoms with E-state index in [0.29, 0.717) is 16.5 Å². The first-order chi connectivity index (χ1) is 12.4. The molecule has 0 saturated heterocycles. The average Bonchev–Trinajstić information content (AvgIpc) is 2.65. The summed E-state index contributed by atoms with van der Waals surface area (Å²) in [6.45, 7) is 1.99. The molecule has 0 fully saturated rings. The van der Waals surface area contributed by atoms with Crippen molar-refractivity contribution >= 4 is 29.1 Å². The van der Waals surface area contributed by atoms with Gasteiger partial charge in [0.15, 0.2) is 0 Å². The number of hydrogen-bond donors (Lipinski definition) is 2. The quantitative estimate of drug-likeness (QED) is 0.759. The monoisotopic (exact) mass is 376 g/mol. The van der Waals surface area contributed by atoms with E-state index in [1.807, 2.05) is 31.2 Å². The molecule has 138 valence electrons. The minimum atomic E-state index is -0.773. The number of anilines is 1. The van der Waals surface area contributed by atoms with Crippen LogP contribution in [0.15, 0.2) is 42.5 Å². The van der Waals surface area contributed by atoms with Crippen LogP contribution in [0, 0.1) is 6.92 Å². The molecule has 0 bridgehead atoms. The summed E-state index contributed by atoms with van der Waals surface area (Å²) >= 11 is 6.01. The van der Waals surface area contributed by atoms with Crippen LogP contribution in [0.2, 0.25) is 5.02 Å². The zero-order valence-electron chi connectivity index (χ0n) is 14.8. The zero-order valence-corrected chi connectivity index (χ0v) is 15.6. The molecule has 1 atom stereocenters. The Kier molecular flexibility index (Phi) is 7.00. The van der Waals surface area contributed by atoms with Gasteiger partial charge in [0.25, 0.3) is 0 Å². The molecule has 0 spiro atoms. The number of carbonyl (C=O) groups excluding carboxylic acids is 2. The molecule has 0 aliphatic rings. The Morgan fingerprint density at radius 2 is 1.88 bits per heavy atom. The van der Waals surface area contributed by atoms with Gasteiger partial charge in [-0.05, 0) is 42.3 Å². The van der Waals surface area contributed by atoms with Crippen molar-refractivity contribution in [3.05, 3.63) is 58.6 Å². The molecular weight excluding hydrogens is 356 g/mol. The highest BCUT2D eigenvalue weighted by molar-refractivity contribution is 6.39. The standard InChI is InChI=1S/C19H21ClN2O4/c1-12-7-8-14(10-16(12)20)22-19(24)18(23)21-11-17(26-3)13-5-4-6-15(9-13)25-2/h4-10,17H,11H2,1-3H3,(H,21,23)(H,22,24)/t17-/m1/s1. The first kappa shape index (κ1) is 19.8. The van der Waals surface area contributed by atoms with Gasteiger partial charge in [0, 0.05) is 24.4 Å². The second-order valence-electron chi connectivity index (χ2n) is 5.63. The fourth-order valence-corrected chi connectivity index (χ4v) is 2.48. The number of nitrogens with one attached hydrogen (secondary N) is 2. The van der Waals surface area contributed by atoms with Crippen LogP contribution in [0.5, 0.6) is 5.75 Å². The number of rotatable bonds is 6. The number of amides is 2. The third-order valence-corrected chi connectivity index (χ3v) is 4.24. The normalized spacial score (nSPS) is 11.5. The molecule has 26 heavy (non-hydrogen) atoms. The second kappa shape index (κ2) is 9.22. The van der Waals surface area contributed by atoms with Crippen molar-refractivity contribution < 1.29 is 19.1 Å². The molecule has 2 rings (SSSR count). The van der Waals surface area contributed by atoms with Crippen molar-refractivity contribution in [2.45, 2.75) is 13.0 Å². The molecular formula is C19H21ClN2O4. The van der Waals surface area contributed by atoms with Crippen LogP contribution in [-0.4, -0.2) is 32.6 Å². The van der Waals surface area contributed by atoms with Gasteiger partial charge in [-0.3, -0.25) is 9.59 Å². The molecule has 0 radical (unpaired) electrons. The fourth-order valence-electron chi connectivity index (χ4n) is 2.30. The Labute approximate surface area is 157 Å². The number of aryl methyl sites for hydroxylation is 1. The lowest BCUT2D eigenvalue weighted by molar-refractivity contribution is -0.136. The summed E-state index contributed by atoms with van der Waals surface area (Å²) < 4.78 is 10.6. The van der Waals surface area contributed by atoms with Gasteiger partial charge in [0.1, 0.15) is 5.75 Å². The molecule has 0 aliphatic carbocycles. The molecule has 0 aromatic heterocycles. The highest BCUT2D eigenvalue weighted by Crippen LogP contribution is 2.21. The summed E-state index contributed by atoms with van der Waals surface area (Å²) in [5.41, 5.74) is 2.17. The van der Waals surface area contributed by atoms with E-state index in [9.17, 15) is 9.59 Å². The molecule has 2 aromatic carbocycles. The number of halogens is 1. The molecule has 0 aliphatic heterocycles.